The van der Waals surface area contributed by atoms with Crippen LogP contribution in [0.1, 0.15) is 12.5 Å². The fourth-order valence-electron chi connectivity index (χ4n) is 1.58. The normalized spacial score (nSPS) is 10.6. The van der Waals surface area contributed by atoms with Crippen molar-refractivity contribution in [3.8, 4) is 5.75 Å². The first kappa shape index (κ1) is 11.0. The van der Waals surface area contributed by atoms with E-state index in [2.05, 4.69) is 0 Å². The van der Waals surface area contributed by atoms with Gasteiger partial charge < -0.3 is 9.15 Å². The molecular weight excluding hydrogens is 228 g/mol. The molecule has 1 heterocycles. The quantitative estimate of drug-likeness (QED) is 0.610. The van der Waals surface area contributed by atoms with Gasteiger partial charge in [-0.2, -0.15) is 0 Å². The summed E-state index contributed by atoms with van der Waals surface area (Å²) in [6.45, 7) is 2.47. The molecule has 0 radical (unpaired) electrons. The Hall–Kier alpha value is -1.48. The van der Waals surface area contributed by atoms with Gasteiger partial charge in [0.15, 0.2) is 0 Å². The van der Waals surface area contributed by atoms with E-state index in [1.54, 1.807) is 6.07 Å². The van der Waals surface area contributed by atoms with Crippen molar-refractivity contribution in [3.63, 3.8) is 0 Å². The number of hydrogen-bond acceptors (Lipinski definition) is 3. The Morgan fingerprint density at radius 3 is 2.88 bits per heavy atom. The molecule has 0 aliphatic rings. The summed E-state index contributed by atoms with van der Waals surface area (Å²) in [7, 11) is 0. The van der Waals surface area contributed by atoms with Crippen LogP contribution in [0.25, 0.3) is 11.0 Å². The average Bonchev–Trinajstić information content (AvgIpc) is 2.27. The molecule has 0 aliphatic carbocycles. The molecule has 0 spiro atoms. The van der Waals surface area contributed by atoms with Crippen LogP contribution in [-0.4, -0.2) is 6.61 Å². The molecular formula is C12H11ClO3. The van der Waals surface area contributed by atoms with Gasteiger partial charge in [0.2, 0.25) is 0 Å². The van der Waals surface area contributed by atoms with E-state index in [0.29, 0.717) is 17.9 Å². The summed E-state index contributed by atoms with van der Waals surface area (Å²) in [5.74, 6) is 0.973. The second-order valence-electron chi connectivity index (χ2n) is 3.32. The molecule has 0 aliphatic heterocycles. The minimum atomic E-state index is -0.392. The van der Waals surface area contributed by atoms with Crippen molar-refractivity contribution in [1.82, 2.24) is 0 Å². The largest absolute Gasteiger partial charge is 0.494 e. The summed E-state index contributed by atoms with van der Waals surface area (Å²) in [4.78, 5) is 11.3. The van der Waals surface area contributed by atoms with Gasteiger partial charge in [-0.15, -0.1) is 11.6 Å². The topological polar surface area (TPSA) is 39.4 Å². The molecule has 84 valence electrons. The van der Waals surface area contributed by atoms with Gasteiger partial charge in [0, 0.05) is 23.4 Å². The van der Waals surface area contributed by atoms with E-state index in [4.69, 9.17) is 20.8 Å². The zero-order valence-corrected chi connectivity index (χ0v) is 9.58. The molecule has 1 aromatic heterocycles. The van der Waals surface area contributed by atoms with Crippen LogP contribution in [0.15, 0.2) is 33.5 Å². The predicted molar refractivity (Wildman–Crippen MR) is 63.2 cm³/mol. The van der Waals surface area contributed by atoms with Gasteiger partial charge in [-0.3, -0.25) is 0 Å². The summed E-state index contributed by atoms with van der Waals surface area (Å²) >= 11 is 5.77. The Bertz CT molecular complexity index is 560. The second kappa shape index (κ2) is 4.58. The average molecular weight is 239 g/mol. The van der Waals surface area contributed by atoms with Gasteiger partial charge in [0.05, 0.1) is 6.61 Å². The van der Waals surface area contributed by atoms with Crippen LogP contribution in [0.2, 0.25) is 0 Å². The number of alkyl halides is 1. The van der Waals surface area contributed by atoms with Gasteiger partial charge in [0.1, 0.15) is 11.3 Å². The smallest absolute Gasteiger partial charge is 0.336 e. The number of rotatable bonds is 3. The van der Waals surface area contributed by atoms with Gasteiger partial charge in [-0.25, -0.2) is 4.79 Å². The van der Waals surface area contributed by atoms with Crippen LogP contribution in [0.4, 0.5) is 0 Å². The lowest BCUT2D eigenvalue weighted by Crippen LogP contribution is -2.00. The zero-order valence-electron chi connectivity index (χ0n) is 8.83. The standard InChI is InChI=1S/C12H11ClO3/c1-2-15-9-3-4-10-8(7-13)5-12(14)16-11(10)6-9/h3-6H,2,7H2,1H3. The Morgan fingerprint density at radius 2 is 2.19 bits per heavy atom. The van der Waals surface area contributed by atoms with Crippen LogP contribution in [0, 0.1) is 0 Å². The van der Waals surface area contributed by atoms with Crippen molar-refractivity contribution in [3.05, 3.63) is 40.2 Å². The third-order valence-electron chi connectivity index (χ3n) is 2.26. The molecule has 1 aromatic carbocycles. The lowest BCUT2D eigenvalue weighted by atomic mass is 10.1. The monoisotopic (exact) mass is 238 g/mol. The molecule has 2 aromatic rings. The van der Waals surface area contributed by atoms with Crippen molar-refractivity contribution in [1.29, 1.82) is 0 Å². The number of ether oxygens (including phenoxy) is 1. The first-order chi connectivity index (χ1) is 7.74. The lowest BCUT2D eigenvalue weighted by Gasteiger charge is -2.05. The maximum absolute atomic E-state index is 11.3. The van der Waals surface area contributed by atoms with Crippen LogP contribution in [-0.2, 0) is 5.88 Å². The highest BCUT2D eigenvalue weighted by Crippen LogP contribution is 2.23. The molecule has 0 saturated carbocycles. The Morgan fingerprint density at radius 1 is 1.38 bits per heavy atom. The first-order valence-electron chi connectivity index (χ1n) is 5.00. The van der Waals surface area contributed by atoms with E-state index in [1.165, 1.54) is 6.07 Å². The highest BCUT2D eigenvalue weighted by molar-refractivity contribution is 6.17. The number of halogens is 1. The number of fused-ring (bicyclic) bond motifs is 1. The molecule has 0 N–H and O–H groups in total. The lowest BCUT2D eigenvalue weighted by molar-refractivity contribution is 0.340. The summed E-state index contributed by atoms with van der Waals surface area (Å²) < 4.78 is 10.4. The minimum absolute atomic E-state index is 0.288. The van der Waals surface area contributed by atoms with E-state index >= 15 is 0 Å². The van der Waals surface area contributed by atoms with Crippen LogP contribution in [0.5, 0.6) is 5.75 Å². The second-order valence-corrected chi connectivity index (χ2v) is 3.58. The molecule has 3 nitrogen and oxygen atoms in total. The third-order valence-corrected chi connectivity index (χ3v) is 2.54. The van der Waals surface area contributed by atoms with E-state index in [-0.39, 0.29) is 5.88 Å². The fraction of sp³-hybridized carbons (Fsp3) is 0.250. The molecule has 2 rings (SSSR count). The predicted octanol–water partition coefficient (Wildman–Crippen LogP) is 2.93. The van der Waals surface area contributed by atoms with E-state index in [1.807, 2.05) is 19.1 Å². The van der Waals surface area contributed by atoms with Crippen LogP contribution in [0.3, 0.4) is 0 Å². The summed E-state index contributed by atoms with van der Waals surface area (Å²) in [6.07, 6.45) is 0. The van der Waals surface area contributed by atoms with Crippen molar-refractivity contribution in [2.75, 3.05) is 6.61 Å². The molecule has 0 atom stereocenters. The first-order valence-corrected chi connectivity index (χ1v) is 5.53. The summed E-state index contributed by atoms with van der Waals surface area (Å²) in [5.41, 5.74) is 0.891. The van der Waals surface area contributed by atoms with E-state index < -0.39 is 5.63 Å². The van der Waals surface area contributed by atoms with Crippen molar-refractivity contribution >= 4 is 22.6 Å². The third kappa shape index (κ3) is 2.04. The summed E-state index contributed by atoms with van der Waals surface area (Å²) in [6, 6.07) is 6.80. The fourth-order valence-corrected chi connectivity index (χ4v) is 1.80. The van der Waals surface area contributed by atoms with Crippen LogP contribution >= 0.6 is 11.6 Å². The molecule has 0 bridgehead atoms. The number of hydrogen-bond donors (Lipinski definition) is 0. The maximum atomic E-state index is 11.3. The molecule has 0 amide bonds. The highest BCUT2D eigenvalue weighted by atomic mass is 35.5. The van der Waals surface area contributed by atoms with Gasteiger partial charge in [-0.1, -0.05) is 0 Å². The van der Waals surface area contributed by atoms with Crippen molar-refractivity contribution in [2.24, 2.45) is 0 Å². The minimum Gasteiger partial charge on any atom is -0.494 e. The molecule has 0 fully saturated rings. The van der Waals surface area contributed by atoms with Gasteiger partial charge in [0.25, 0.3) is 0 Å². The molecule has 0 saturated heterocycles. The highest BCUT2D eigenvalue weighted by Gasteiger charge is 2.05. The van der Waals surface area contributed by atoms with Gasteiger partial charge >= 0.3 is 5.63 Å². The van der Waals surface area contributed by atoms with E-state index in [9.17, 15) is 4.79 Å². The van der Waals surface area contributed by atoms with Crippen molar-refractivity contribution < 1.29 is 9.15 Å². The Kier molecular flexibility index (Phi) is 3.15. The number of benzene rings is 1. The van der Waals surface area contributed by atoms with Gasteiger partial charge in [-0.05, 0) is 24.6 Å². The van der Waals surface area contributed by atoms with Crippen LogP contribution < -0.4 is 10.4 Å². The molecule has 4 heteroatoms. The van der Waals surface area contributed by atoms with E-state index in [0.717, 1.165) is 10.9 Å². The SMILES string of the molecule is CCOc1ccc2c(CCl)cc(=O)oc2c1. The zero-order chi connectivity index (χ0) is 11.5. The van der Waals surface area contributed by atoms with Crippen molar-refractivity contribution in [2.45, 2.75) is 12.8 Å². The Balaban J connectivity index is 2.64. The molecule has 16 heavy (non-hydrogen) atoms. The Labute approximate surface area is 97.6 Å². The summed E-state index contributed by atoms with van der Waals surface area (Å²) in [5, 5.41) is 0.845. The maximum Gasteiger partial charge on any atom is 0.336 e. The molecule has 0 unspecified atom stereocenters.